The molecule has 1 heterocycles. The Labute approximate surface area is 113 Å². The molecule has 0 spiro atoms. The Morgan fingerprint density at radius 2 is 1.89 bits per heavy atom. The maximum Gasteiger partial charge on any atom is 0.274 e. The van der Waals surface area contributed by atoms with Gasteiger partial charge < -0.3 is 9.80 Å². The van der Waals surface area contributed by atoms with Crippen LogP contribution in [0.2, 0.25) is 0 Å². The smallest absolute Gasteiger partial charge is 0.274 e. The van der Waals surface area contributed by atoms with Gasteiger partial charge in [-0.2, -0.15) is 5.10 Å². The van der Waals surface area contributed by atoms with Crippen molar-refractivity contribution in [2.45, 2.75) is 0 Å². The third kappa shape index (κ3) is 2.76. The number of rotatable bonds is 4. The highest BCUT2D eigenvalue weighted by molar-refractivity contribution is 6.04. The Morgan fingerprint density at radius 3 is 2.58 bits per heavy atom. The van der Waals surface area contributed by atoms with E-state index < -0.39 is 0 Å². The first-order valence-electron chi connectivity index (χ1n) is 6.32. The van der Waals surface area contributed by atoms with Crippen molar-refractivity contribution in [3.05, 3.63) is 30.0 Å². The van der Waals surface area contributed by atoms with Crippen molar-refractivity contribution in [1.82, 2.24) is 19.6 Å². The third-order valence-corrected chi connectivity index (χ3v) is 3.19. The van der Waals surface area contributed by atoms with E-state index in [1.54, 1.807) is 9.58 Å². The lowest BCUT2D eigenvalue weighted by Crippen LogP contribution is -2.33. The topological polar surface area (TPSA) is 41.4 Å². The predicted octanol–water partition coefficient (Wildman–Crippen LogP) is 1.21. The van der Waals surface area contributed by atoms with E-state index in [0.717, 1.165) is 17.4 Å². The van der Waals surface area contributed by atoms with Crippen molar-refractivity contribution in [3.8, 4) is 0 Å². The third-order valence-electron chi connectivity index (χ3n) is 3.19. The summed E-state index contributed by atoms with van der Waals surface area (Å²) in [6.07, 6.45) is 0. The van der Waals surface area contributed by atoms with Crippen LogP contribution in [0.4, 0.5) is 0 Å². The molecule has 0 aliphatic carbocycles. The van der Waals surface area contributed by atoms with Crippen LogP contribution in [0.25, 0.3) is 10.9 Å². The number of hydrogen-bond donors (Lipinski definition) is 0. The number of likely N-dealkylation sites (N-methyl/N-ethyl adjacent to an activating group) is 2. The standard InChI is InChI=1S/C14H20N4O/c1-16(2)9-10-17(3)14(19)13-11-7-5-6-8-12(11)18(4)15-13/h5-8H,9-10H2,1-4H3. The Kier molecular flexibility index (Phi) is 3.85. The number of nitrogens with zero attached hydrogens (tertiary/aromatic N) is 4. The molecule has 1 aromatic carbocycles. The molecule has 19 heavy (non-hydrogen) atoms. The first kappa shape index (κ1) is 13.5. The molecule has 0 N–H and O–H groups in total. The minimum Gasteiger partial charge on any atom is -0.339 e. The monoisotopic (exact) mass is 260 g/mol. The Hall–Kier alpha value is -1.88. The highest BCUT2D eigenvalue weighted by Gasteiger charge is 2.19. The number of amides is 1. The molecule has 5 heteroatoms. The van der Waals surface area contributed by atoms with Crippen LogP contribution >= 0.6 is 0 Å². The number of carbonyl (C=O) groups is 1. The lowest BCUT2D eigenvalue weighted by Gasteiger charge is -2.18. The van der Waals surface area contributed by atoms with E-state index >= 15 is 0 Å². The summed E-state index contributed by atoms with van der Waals surface area (Å²) in [5.74, 6) is -0.0290. The number of fused-ring (bicyclic) bond motifs is 1. The molecule has 2 aromatic rings. The Balaban J connectivity index is 2.26. The minimum atomic E-state index is -0.0290. The van der Waals surface area contributed by atoms with Gasteiger partial charge in [-0.1, -0.05) is 18.2 Å². The van der Waals surface area contributed by atoms with Crippen molar-refractivity contribution in [3.63, 3.8) is 0 Å². The molecule has 0 bridgehead atoms. The van der Waals surface area contributed by atoms with Crippen LogP contribution in [0.1, 0.15) is 10.5 Å². The maximum absolute atomic E-state index is 12.4. The van der Waals surface area contributed by atoms with Gasteiger partial charge in [0.25, 0.3) is 5.91 Å². The SMILES string of the molecule is CN(C)CCN(C)C(=O)c1nn(C)c2ccccc12. The second-order valence-corrected chi connectivity index (χ2v) is 5.02. The van der Waals surface area contributed by atoms with E-state index in [4.69, 9.17) is 0 Å². The molecule has 0 aliphatic rings. The molecule has 0 aliphatic heterocycles. The van der Waals surface area contributed by atoms with Crippen LogP contribution in [0.5, 0.6) is 0 Å². The average molecular weight is 260 g/mol. The Bertz CT molecular complexity index is 588. The highest BCUT2D eigenvalue weighted by atomic mass is 16.2. The van der Waals surface area contributed by atoms with Crippen molar-refractivity contribution in [2.75, 3.05) is 34.2 Å². The van der Waals surface area contributed by atoms with Crippen LogP contribution in [0.3, 0.4) is 0 Å². The van der Waals surface area contributed by atoms with Gasteiger partial charge in [-0.05, 0) is 20.2 Å². The summed E-state index contributed by atoms with van der Waals surface area (Å²) in [6, 6.07) is 7.79. The molecule has 2 rings (SSSR count). The summed E-state index contributed by atoms with van der Waals surface area (Å²) in [5, 5.41) is 5.26. The fraction of sp³-hybridized carbons (Fsp3) is 0.429. The molecule has 102 valence electrons. The first-order valence-corrected chi connectivity index (χ1v) is 6.32. The zero-order valence-corrected chi connectivity index (χ0v) is 11.9. The van der Waals surface area contributed by atoms with Crippen LogP contribution in [0, 0.1) is 0 Å². The van der Waals surface area contributed by atoms with Crippen molar-refractivity contribution < 1.29 is 4.79 Å². The largest absolute Gasteiger partial charge is 0.339 e. The number of aromatic nitrogens is 2. The zero-order valence-electron chi connectivity index (χ0n) is 11.9. The van der Waals surface area contributed by atoms with Crippen LogP contribution in [0.15, 0.2) is 24.3 Å². The van der Waals surface area contributed by atoms with Gasteiger partial charge in [0.15, 0.2) is 5.69 Å². The molecular formula is C14H20N4O. The van der Waals surface area contributed by atoms with Gasteiger partial charge in [0.05, 0.1) is 5.52 Å². The molecule has 0 saturated carbocycles. The van der Waals surface area contributed by atoms with Crippen LogP contribution in [-0.4, -0.2) is 59.7 Å². The van der Waals surface area contributed by atoms with E-state index in [1.807, 2.05) is 52.5 Å². The van der Waals surface area contributed by atoms with E-state index in [-0.39, 0.29) is 5.91 Å². The van der Waals surface area contributed by atoms with Gasteiger partial charge in [-0.15, -0.1) is 0 Å². The molecule has 0 radical (unpaired) electrons. The summed E-state index contributed by atoms with van der Waals surface area (Å²) in [5.41, 5.74) is 1.51. The lowest BCUT2D eigenvalue weighted by molar-refractivity contribution is 0.0781. The van der Waals surface area contributed by atoms with Crippen molar-refractivity contribution in [2.24, 2.45) is 7.05 Å². The van der Waals surface area contributed by atoms with Crippen molar-refractivity contribution in [1.29, 1.82) is 0 Å². The molecule has 0 atom stereocenters. The molecular weight excluding hydrogens is 240 g/mol. The number of aryl methyl sites for hydroxylation is 1. The van der Waals surface area contributed by atoms with Gasteiger partial charge in [0.1, 0.15) is 0 Å². The van der Waals surface area contributed by atoms with Crippen LogP contribution in [-0.2, 0) is 7.05 Å². The van der Waals surface area contributed by atoms with E-state index in [9.17, 15) is 4.79 Å². The molecule has 1 amide bonds. The summed E-state index contributed by atoms with van der Waals surface area (Å²) in [6.45, 7) is 1.53. The fourth-order valence-corrected chi connectivity index (χ4v) is 2.00. The Morgan fingerprint density at radius 1 is 1.21 bits per heavy atom. The quantitative estimate of drug-likeness (QED) is 0.829. The second kappa shape index (κ2) is 5.40. The number of para-hydroxylation sites is 1. The van der Waals surface area contributed by atoms with E-state index in [1.165, 1.54) is 0 Å². The van der Waals surface area contributed by atoms with Gasteiger partial charge in [-0.3, -0.25) is 9.48 Å². The summed E-state index contributed by atoms with van der Waals surface area (Å²) < 4.78 is 1.75. The summed E-state index contributed by atoms with van der Waals surface area (Å²) in [4.78, 5) is 16.2. The van der Waals surface area contributed by atoms with Gasteiger partial charge in [0.2, 0.25) is 0 Å². The molecule has 1 aromatic heterocycles. The zero-order chi connectivity index (χ0) is 14.0. The number of carbonyl (C=O) groups excluding carboxylic acids is 1. The average Bonchev–Trinajstić information content (AvgIpc) is 2.73. The van der Waals surface area contributed by atoms with Gasteiger partial charge in [-0.25, -0.2) is 0 Å². The molecule has 5 nitrogen and oxygen atoms in total. The van der Waals surface area contributed by atoms with Gasteiger partial charge in [0, 0.05) is 32.6 Å². The minimum absolute atomic E-state index is 0.0290. The predicted molar refractivity (Wildman–Crippen MR) is 76.2 cm³/mol. The van der Waals surface area contributed by atoms with E-state index in [2.05, 4.69) is 10.00 Å². The first-order chi connectivity index (χ1) is 9.00. The van der Waals surface area contributed by atoms with E-state index in [0.29, 0.717) is 12.2 Å². The maximum atomic E-state index is 12.4. The number of hydrogen-bond acceptors (Lipinski definition) is 3. The van der Waals surface area contributed by atoms with Gasteiger partial charge >= 0.3 is 0 Å². The second-order valence-electron chi connectivity index (χ2n) is 5.02. The number of benzene rings is 1. The molecule has 0 fully saturated rings. The van der Waals surface area contributed by atoms with Crippen LogP contribution < -0.4 is 0 Å². The molecule has 0 unspecified atom stereocenters. The lowest BCUT2D eigenvalue weighted by atomic mass is 10.2. The molecule has 0 saturated heterocycles. The summed E-state index contributed by atoms with van der Waals surface area (Å²) >= 11 is 0. The summed E-state index contributed by atoms with van der Waals surface area (Å²) in [7, 11) is 7.66. The van der Waals surface area contributed by atoms with Crippen molar-refractivity contribution >= 4 is 16.8 Å². The normalized spacial score (nSPS) is 11.2. The fourth-order valence-electron chi connectivity index (χ4n) is 2.00. The highest BCUT2D eigenvalue weighted by Crippen LogP contribution is 2.18.